The number of carbonyl (C=O) groups is 2. The quantitative estimate of drug-likeness (QED) is 0.842. The molecule has 6 nitrogen and oxygen atoms in total. The Morgan fingerprint density at radius 3 is 2.41 bits per heavy atom. The minimum Gasteiger partial charge on any atom is -0.480 e. The molecular weight excluding hydrogens is 346 g/mol. The van der Waals surface area contributed by atoms with E-state index in [4.69, 9.17) is 4.74 Å². The Kier molecular flexibility index (Phi) is 5.01. The molecule has 27 heavy (non-hydrogen) atoms. The van der Waals surface area contributed by atoms with Gasteiger partial charge in [0.15, 0.2) is 0 Å². The first-order valence-electron chi connectivity index (χ1n) is 8.51. The summed E-state index contributed by atoms with van der Waals surface area (Å²) in [5, 5.41) is 18.8. The Morgan fingerprint density at radius 2 is 1.85 bits per heavy atom. The highest BCUT2D eigenvalue weighted by molar-refractivity contribution is 5.80. The average molecular weight is 367 g/mol. The van der Waals surface area contributed by atoms with Crippen LogP contribution in [0.25, 0.3) is 17.2 Å². The standard InChI is InChI=1S/C21H21NO5/c1-3-14-6-4-7-15(10-14)16-8-5-9-17(11-16)21(27-2)12-18(19(23)24)22(13-21)20(25)26/h3-11,18H,1,12-13H2,2H3,(H,23,24)(H,25,26). The molecule has 1 aliphatic rings. The number of rotatable bonds is 5. The lowest BCUT2D eigenvalue weighted by Gasteiger charge is -2.28. The van der Waals surface area contributed by atoms with E-state index in [-0.39, 0.29) is 13.0 Å². The topological polar surface area (TPSA) is 87.1 Å². The van der Waals surface area contributed by atoms with E-state index in [1.165, 1.54) is 7.11 Å². The number of amides is 1. The largest absolute Gasteiger partial charge is 0.480 e. The Balaban J connectivity index is 2.03. The molecule has 1 amide bonds. The third-order valence-corrected chi connectivity index (χ3v) is 5.09. The fraction of sp³-hybridized carbons (Fsp3) is 0.238. The van der Waals surface area contributed by atoms with Crippen molar-refractivity contribution in [3.8, 4) is 11.1 Å². The second-order valence-corrected chi connectivity index (χ2v) is 6.58. The van der Waals surface area contributed by atoms with Gasteiger partial charge in [0, 0.05) is 13.5 Å². The molecule has 1 fully saturated rings. The number of likely N-dealkylation sites (tertiary alicyclic amines) is 1. The summed E-state index contributed by atoms with van der Waals surface area (Å²) in [6, 6.07) is 14.3. The zero-order valence-corrected chi connectivity index (χ0v) is 15.0. The number of nitrogens with zero attached hydrogens (tertiary/aromatic N) is 1. The highest BCUT2D eigenvalue weighted by Gasteiger charge is 2.50. The fourth-order valence-electron chi connectivity index (χ4n) is 3.60. The van der Waals surface area contributed by atoms with Gasteiger partial charge in [-0.3, -0.25) is 4.90 Å². The van der Waals surface area contributed by atoms with Crippen LogP contribution >= 0.6 is 0 Å². The number of benzene rings is 2. The Labute approximate surface area is 157 Å². The Bertz CT molecular complexity index is 870. The zero-order valence-electron chi connectivity index (χ0n) is 15.0. The highest BCUT2D eigenvalue weighted by Crippen LogP contribution is 2.40. The van der Waals surface area contributed by atoms with Gasteiger partial charge in [0.1, 0.15) is 11.6 Å². The summed E-state index contributed by atoms with van der Waals surface area (Å²) in [5.41, 5.74) is 2.66. The predicted molar refractivity (Wildman–Crippen MR) is 101 cm³/mol. The predicted octanol–water partition coefficient (Wildman–Crippen LogP) is 3.68. The average Bonchev–Trinajstić information content (AvgIpc) is 3.10. The van der Waals surface area contributed by atoms with Crippen LogP contribution in [0, 0.1) is 0 Å². The molecule has 3 rings (SSSR count). The van der Waals surface area contributed by atoms with Crippen molar-refractivity contribution >= 4 is 18.1 Å². The van der Waals surface area contributed by atoms with E-state index in [0.29, 0.717) is 0 Å². The summed E-state index contributed by atoms with van der Waals surface area (Å²) in [6.45, 7) is 3.75. The minimum atomic E-state index is -1.27. The van der Waals surface area contributed by atoms with Crippen LogP contribution < -0.4 is 0 Å². The summed E-state index contributed by atoms with van der Waals surface area (Å²) in [6.07, 6.45) is 0.556. The molecule has 140 valence electrons. The SMILES string of the molecule is C=Cc1cccc(-c2cccc(C3(OC)CC(C(=O)O)N(C(=O)O)C3)c2)c1. The molecule has 1 heterocycles. The molecule has 1 aliphatic heterocycles. The molecule has 0 aromatic heterocycles. The molecule has 2 atom stereocenters. The number of aliphatic carboxylic acids is 1. The van der Waals surface area contributed by atoms with Crippen LogP contribution in [0.4, 0.5) is 4.79 Å². The maximum Gasteiger partial charge on any atom is 0.408 e. The number of carboxylic acids is 1. The molecule has 2 N–H and O–H groups in total. The molecule has 0 bridgehead atoms. The number of hydrogen-bond acceptors (Lipinski definition) is 3. The van der Waals surface area contributed by atoms with E-state index in [0.717, 1.165) is 27.2 Å². The molecular formula is C21H21NO5. The van der Waals surface area contributed by atoms with Gasteiger partial charge in [0.05, 0.1) is 6.54 Å². The minimum absolute atomic E-state index is 0.0358. The number of ether oxygens (including phenoxy) is 1. The number of carboxylic acid groups (broad SMARTS) is 2. The third kappa shape index (κ3) is 3.44. The Morgan fingerprint density at radius 1 is 1.19 bits per heavy atom. The first-order valence-corrected chi connectivity index (χ1v) is 8.51. The van der Waals surface area contributed by atoms with Gasteiger partial charge >= 0.3 is 12.1 Å². The lowest BCUT2D eigenvalue weighted by molar-refractivity contribution is -0.141. The van der Waals surface area contributed by atoms with Crippen molar-refractivity contribution in [2.24, 2.45) is 0 Å². The highest BCUT2D eigenvalue weighted by atomic mass is 16.5. The van der Waals surface area contributed by atoms with E-state index in [9.17, 15) is 19.8 Å². The van der Waals surface area contributed by atoms with Gasteiger partial charge in [0.2, 0.25) is 0 Å². The van der Waals surface area contributed by atoms with Gasteiger partial charge in [0.25, 0.3) is 0 Å². The number of hydrogen-bond donors (Lipinski definition) is 2. The van der Waals surface area contributed by atoms with Crippen LogP contribution in [0.15, 0.2) is 55.1 Å². The second kappa shape index (κ2) is 7.25. The monoisotopic (exact) mass is 367 g/mol. The molecule has 1 saturated heterocycles. The van der Waals surface area contributed by atoms with E-state index < -0.39 is 23.7 Å². The van der Waals surface area contributed by atoms with Crippen molar-refractivity contribution in [2.75, 3.05) is 13.7 Å². The van der Waals surface area contributed by atoms with Gasteiger partial charge in [-0.15, -0.1) is 0 Å². The first-order chi connectivity index (χ1) is 12.9. The number of methoxy groups -OCH3 is 1. The molecule has 2 aromatic carbocycles. The van der Waals surface area contributed by atoms with Crippen LogP contribution in [-0.2, 0) is 15.1 Å². The zero-order chi connectivity index (χ0) is 19.6. The van der Waals surface area contributed by atoms with Crippen LogP contribution in [0.2, 0.25) is 0 Å². The second-order valence-electron chi connectivity index (χ2n) is 6.58. The molecule has 0 spiro atoms. The van der Waals surface area contributed by atoms with Crippen LogP contribution in [0.1, 0.15) is 17.5 Å². The summed E-state index contributed by atoms with van der Waals surface area (Å²) in [7, 11) is 1.48. The van der Waals surface area contributed by atoms with Crippen LogP contribution in [0.3, 0.4) is 0 Å². The fourth-order valence-corrected chi connectivity index (χ4v) is 3.60. The lowest BCUT2D eigenvalue weighted by Crippen LogP contribution is -2.40. The molecule has 0 radical (unpaired) electrons. The first kappa shape index (κ1) is 18.7. The molecule has 0 aliphatic carbocycles. The molecule has 0 saturated carbocycles. The van der Waals surface area contributed by atoms with E-state index in [2.05, 4.69) is 6.58 Å². The van der Waals surface area contributed by atoms with Gasteiger partial charge in [-0.1, -0.05) is 49.1 Å². The molecule has 2 aromatic rings. The van der Waals surface area contributed by atoms with E-state index in [1.54, 1.807) is 6.08 Å². The third-order valence-electron chi connectivity index (χ3n) is 5.09. The van der Waals surface area contributed by atoms with Crippen molar-refractivity contribution < 1.29 is 24.5 Å². The van der Waals surface area contributed by atoms with Gasteiger partial charge in [-0.25, -0.2) is 9.59 Å². The molecule has 2 unspecified atom stereocenters. The van der Waals surface area contributed by atoms with Crippen molar-refractivity contribution in [3.05, 3.63) is 66.2 Å². The van der Waals surface area contributed by atoms with Gasteiger partial charge in [-0.05, 0) is 34.4 Å². The summed E-state index contributed by atoms with van der Waals surface area (Å²) in [5.74, 6) is -1.17. The summed E-state index contributed by atoms with van der Waals surface area (Å²) < 4.78 is 5.70. The van der Waals surface area contributed by atoms with Crippen molar-refractivity contribution in [2.45, 2.75) is 18.1 Å². The van der Waals surface area contributed by atoms with Gasteiger partial charge in [-0.2, -0.15) is 0 Å². The van der Waals surface area contributed by atoms with Crippen LogP contribution in [-0.4, -0.2) is 46.9 Å². The van der Waals surface area contributed by atoms with Crippen molar-refractivity contribution in [1.82, 2.24) is 4.90 Å². The Hall–Kier alpha value is -3.12. The van der Waals surface area contributed by atoms with Gasteiger partial charge < -0.3 is 14.9 Å². The maximum atomic E-state index is 11.5. The maximum absolute atomic E-state index is 11.5. The lowest BCUT2D eigenvalue weighted by atomic mass is 9.88. The smallest absolute Gasteiger partial charge is 0.408 e. The van der Waals surface area contributed by atoms with Crippen molar-refractivity contribution in [3.63, 3.8) is 0 Å². The van der Waals surface area contributed by atoms with Crippen LogP contribution in [0.5, 0.6) is 0 Å². The van der Waals surface area contributed by atoms with E-state index in [1.807, 2.05) is 48.5 Å². The van der Waals surface area contributed by atoms with Crippen molar-refractivity contribution in [1.29, 1.82) is 0 Å². The summed E-state index contributed by atoms with van der Waals surface area (Å²) >= 11 is 0. The normalized spacial score (nSPS) is 21.8. The molecule has 6 heteroatoms. The van der Waals surface area contributed by atoms with E-state index >= 15 is 0 Å². The summed E-state index contributed by atoms with van der Waals surface area (Å²) in [4.78, 5) is 24.0.